The molecule has 6 heteroatoms. The van der Waals surface area contributed by atoms with Gasteiger partial charge < -0.3 is 19.7 Å². The predicted octanol–water partition coefficient (Wildman–Crippen LogP) is 1.87. The number of amides is 1. The maximum Gasteiger partial charge on any atom is 0.326 e. The Morgan fingerprint density at radius 2 is 2.19 bits per heavy atom. The molecule has 1 saturated heterocycles. The number of nitrogens with one attached hydrogen (secondary N) is 1. The van der Waals surface area contributed by atoms with Crippen molar-refractivity contribution in [1.29, 1.82) is 0 Å². The summed E-state index contributed by atoms with van der Waals surface area (Å²) < 4.78 is 5.15. The lowest BCUT2D eigenvalue weighted by Gasteiger charge is -2.20. The number of carboxylic acids is 1. The molecule has 1 amide bonds. The molecule has 2 aromatic rings. The Morgan fingerprint density at radius 3 is 2.90 bits per heavy atom. The number of fused-ring (bicyclic) bond motifs is 1. The van der Waals surface area contributed by atoms with Crippen molar-refractivity contribution in [2.24, 2.45) is 0 Å². The number of aromatic amines is 1. The molecule has 6 nitrogen and oxygen atoms in total. The standard InChI is InChI=1S/C15H16N2O4/c1-21-10-5-4-9-7-12(16-11(9)8-10)14(18)17-6-2-3-13(17)15(19)20/h4-5,7-8,13,16H,2-3,6H2,1H3,(H,19,20). The molecule has 2 heterocycles. The second-order valence-corrected chi connectivity index (χ2v) is 5.13. The number of hydrogen-bond donors (Lipinski definition) is 2. The number of carboxylic acid groups (broad SMARTS) is 1. The molecule has 0 saturated carbocycles. The van der Waals surface area contributed by atoms with Crippen molar-refractivity contribution in [3.63, 3.8) is 0 Å². The van der Waals surface area contributed by atoms with E-state index in [1.807, 2.05) is 18.2 Å². The van der Waals surface area contributed by atoms with Crippen LogP contribution in [-0.2, 0) is 4.79 Å². The Bertz CT molecular complexity index is 707. The molecular weight excluding hydrogens is 272 g/mol. The quantitative estimate of drug-likeness (QED) is 0.903. The SMILES string of the molecule is COc1ccc2cc(C(=O)N3CCCC3C(=O)O)[nH]c2c1. The highest BCUT2D eigenvalue weighted by molar-refractivity contribution is 6.00. The first-order valence-electron chi connectivity index (χ1n) is 6.80. The van der Waals surface area contributed by atoms with E-state index in [1.165, 1.54) is 4.90 Å². The maximum absolute atomic E-state index is 12.5. The summed E-state index contributed by atoms with van der Waals surface area (Å²) in [7, 11) is 1.58. The van der Waals surface area contributed by atoms with Gasteiger partial charge in [0.05, 0.1) is 7.11 Å². The number of aromatic nitrogens is 1. The number of methoxy groups -OCH3 is 1. The summed E-state index contributed by atoms with van der Waals surface area (Å²) in [6.45, 7) is 0.481. The molecule has 1 atom stereocenters. The summed E-state index contributed by atoms with van der Waals surface area (Å²) in [5.41, 5.74) is 1.20. The van der Waals surface area contributed by atoms with E-state index in [4.69, 9.17) is 9.84 Å². The number of benzene rings is 1. The Labute approximate surface area is 121 Å². The van der Waals surface area contributed by atoms with E-state index >= 15 is 0 Å². The van der Waals surface area contributed by atoms with E-state index in [0.717, 1.165) is 17.3 Å². The Hall–Kier alpha value is -2.50. The number of carbonyl (C=O) groups is 2. The smallest absolute Gasteiger partial charge is 0.326 e. The van der Waals surface area contributed by atoms with Crippen molar-refractivity contribution in [3.05, 3.63) is 30.0 Å². The van der Waals surface area contributed by atoms with Gasteiger partial charge in [0.15, 0.2) is 0 Å². The molecule has 1 fully saturated rings. The topological polar surface area (TPSA) is 82.6 Å². The first-order chi connectivity index (χ1) is 10.1. The molecule has 1 unspecified atom stereocenters. The van der Waals surface area contributed by atoms with Crippen LogP contribution >= 0.6 is 0 Å². The van der Waals surface area contributed by atoms with Gasteiger partial charge in [-0.1, -0.05) is 0 Å². The fraction of sp³-hybridized carbons (Fsp3) is 0.333. The van der Waals surface area contributed by atoms with Crippen LogP contribution in [0.1, 0.15) is 23.3 Å². The van der Waals surface area contributed by atoms with Gasteiger partial charge in [0.2, 0.25) is 0 Å². The van der Waals surface area contributed by atoms with Crippen LogP contribution in [0.5, 0.6) is 5.75 Å². The second kappa shape index (κ2) is 5.12. The summed E-state index contributed by atoms with van der Waals surface area (Å²) in [5, 5.41) is 10.1. The zero-order valence-electron chi connectivity index (χ0n) is 11.6. The van der Waals surface area contributed by atoms with Crippen LogP contribution in [0.4, 0.5) is 0 Å². The van der Waals surface area contributed by atoms with Crippen molar-refractivity contribution >= 4 is 22.8 Å². The van der Waals surface area contributed by atoms with Gasteiger partial charge in [0, 0.05) is 23.5 Å². The van der Waals surface area contributed by atoms with Crippen LogP contribution in [0.2, 0.25) is 0 Å². The minimum Gasteiger partial charge on any atom is -0.497 e. The van der Waals surface area contributed by atoms with Crippen molar-refractivity contribution in [1.82, 2.24) is 9.88 Å². The highest BCUT2D eigenvalue weighted by Crippen LogP contribution is 2.24. The average Bonchev–Trinajstić information content (AvgIpc) is 3.12. The number of likely N-dealkylation sites (tertiary alicyclic amines) is 1. The van der Waals surface area contributed by atoms with Gasteiger partial charge in [-0.3, -0.25) is 4.79 Å². The van der Waals surface area contributed by atoms with Gasteiger partial charge in [-0.15, -0.1) is 0 Å². The molecule has 2 N–H and O–H groups in total. The van der Waals surface area contributed by atoms with E-state index in [2.05, 4.69) is 4.98 Å². The number of nitrogens with zero attached hydrogens (tertiary/aromatic N) is 1. The van der Waals surface area contributed by atoms with Crippen LogP contribution < -0.4 is 4.74 Å². The third-order valence-electron chi connectivity index (χ3n) is 3.86. The summed E-state index contributed by atoms with van der Waals surface area (Å²) in [5.74, 6) is -0.512. The highest BCUT2D eigenvalue weighted by atomic mass is 16.5. The molecule has 0 spiro atoms. The van der Waals surface area contributed by atoms with Crippen molar-refractivity contribution in [2.45, 2.75) is 18.9 Å². The first-order valence-corrected chi connectivity index (χ1v) is 6.80. The molecule has 0 radical (unpaired) electrons. The largest absolute Gasteiger partial charge is 0.497 e. The van der Waals surface area contributed by atoms with Gasteiger partial charge in [-0.2, -0.15) is 0 Å². The third kappa shape index (κ3) is 2.33. The second-order valence-electron chi connectivity index (χ2n) is 5.13. The number of hydrogen-bond acceptors (Lipinski definition) is 3. The lowest BCUT2D eigenvalue weighted by molar-refractivity contribution is -0.141. The number of rotatable bonds is 3. The highest BCUT2D eigenvalue weighted by Gasteiger charge is 2.34. The monoisotopic (exact) mass is 288 g/mol. The molecule has 1 aliphatic heterocycles. The molecule has 110 valence electrons. The van der Waals surface area contributed by atoms with Crippen LogP contribution in [0.15, 0.2) is 24.3 Å². The van der Waals surface area contributed by atoms with Crippen LogP contribution in [0, 0.1) is 0 Å². The van der Waals surface area contributed by atoms with Crippen LogP contribution in [0.3, 0.4) is 0 Å². The molecule has 21 heavy (non-hydrogen) atoms. The number of ether oxygens (including phenoxy) is 1. The number of aliphatic carboxylic acids is 1. The Balaban J connectivity index is 1.92. The fourth-order valence-corrected chi connectivity index (χ4v) is 2.77. The molecule has 1 aliphatic rings. The van der Waals surface area contributed by atoms with Gasteiger partial charge in [0.25, 0.3) is 5.91 Å². The Morgan fingerprint density at radius 1 is 1.38 bits per heavy atom. The van der Waals surface area contributed by atoms with Crippen molar-refractivity contribution in [3.8, 4) is 5.75 Å². The van der Waals surface area contributed by atoms with E-state index < -0.39 is 12.0 Å². The van der Waals surface area contributed by atoms with E-state index in [-0.39, 0.29) is 5.91 Å². The molecule has 1 aromatic heterocycles. The van der Waals surface area contributed by atoms with Gasteiger partial charge >= 0.3 is 5.97 Å². The summed E-state index contributed by atoms with van der Waals surface area (Å²) in [4.78, 5) is 28.1. The minimum atomic E-state index is -0.946. The van der Waals surface area contributed by atoms with Crippen LogP contribution in [-0.4, -0.2) is 46.6 Å². The third-order valence-corrected chi connectivity index (χ3v) is 3.86. The molecule has 3 rings (SSSR count). The molecule has 0 bridgehead atoms. The number of carbonyl (C=O) groups excluding carboxylic acids is 1. The van der Waals surface area contributed by atoms with Gasteiger partial charge in [0.1, 0.15) is 17.5 Å². The molecule has 0 aliphatic carbocycles. The van der Waals surface area contributed by atoms with Crippen LogP contribution in [0.25, 0.3) is 10.9 Å². The Kier molecular flexibility index (Phi) is 3.29. The lowest BCUT2D eigenvalue weighted by atomic mass is 10.2. The normalized spacial score (nSPS) is 18.1. The summed E-state index contributed by atoms with van der Waals surface area (Å²) in [6.07, 6.45) is 1.23. The van der Waals surface area contributed by atoms with Crippen molar-refractivity contribution < 1.29 is 19.4 Å². The number of H-pyrrole nitrogens is 1. The summed E-state index contributed by atoms with van der Waals surface area (Å²) >= 11 is 0. The molecular formula is C15H16N2O4. The van der Waals surface area contributed by atoms with E-state index in [1.54, 1.807) is 13.2 Å². The summed E-state index contributed by atoms with van der Waals surface area (Å²) in [6, 6.07) is 6.51. The zero-order valence-corrected chi connectivity index (χ0v) is 11.6. The van der Waals surface area contributed by atoms with Crippen molar-refractivity contribution in [2.75, 3.05) is 13.7 Å². The maximum atomic E-state index is 12.5. The fourth-order valence-electron chi connectivity index (χ4n) is 2.77. The predicted molar refractivity (Wildman–Crippen MR) is 76.5 cm³/mol. The van der Waals surface area contributed by atoms with E-state index in [9.17, 15) is 9.59 Å². The van der Waals surface area contributed by atoms with Gasteiger partial charge in [-0.25, -0.2) is 4.79 Å². The first kappa shape index (κ1) is 13.5. The van der Waals surface area contributed by atoms with Gasteiger partial charge in [-0.05, 0) is 31.0 Å². The zero-order chi connectivity index (χ0) is 15.0. The lowest BCUT2D eigenvalue weighted by Crippen LogP contribution is -2.40. The average molecular weight is 288 g/mol. The van der Waals surface area contributed by atoms with E-state index in [0.29, 0.717) is 24.4 Å². The molecule has 1 aromatic carbocycles. The minimum absolute atomic E-state index is 0.268.